The fourth-order valence-electron chi connectivity index (χ4n) is 3.75. The van der Waals surface area contributed by atoms with E-state index in [-0.39, 0.29) is 37.0 Å². The number of hydrogen-bond donors (Lipinski definition) is 4. The lowest BCUT2D eigenvalue weighted by atomic mass is 10.0. The number of ether oxygens (including phenoxy) is 2. The zero-order valence-electron chi connectivity index (χ0n) is 22.9. The van der Waals surface area contributed by atoms with Crippen molar-refractivity contribution in [1.82, 2.24) is 20.9 Å². The third kappa shape index (κ3) is 11.6. The molecule has 0 radical (unpaired) electrons. The summed E-state index contributed by atoms with van der Waals surface area (Å²) in [5.41, 5.74) is 6.56. The van der Waals surface area contributed by atoms with Crippen molar-refractivity contribution in [3.05, 3.63) is 72.6 Å². The summed E-state index contributed by atoms with van der Waals surface area (Å²) in [5, 5.41) is 8.31. The zero-order valence-corrected chi connectivity index (χ0v) is 22.9. The number of methoxy groups -OCH3 is 1. The first-order valence-corrected chi connectivity index (χ1v) is 13.3. The van der Waals surface area contributed by atoms with Crippen LogP contribution in [0, 0.1) is 0 Å². The molecule has 11 heteroatoms. The van der Waals surface area contributed by atoms with Gasteiger partial charge in [0, 0.05) is 25.6 Å². The quantitative estimate of drug-likeness (QED) is 0.123. The van der Waals surface area contributed by atoms with Crippen LogP contribution in [0.1, 0.15) is 48.2 Å². The van der Waals surface area contributed by atoms with Gasteiger partial charge >= 0.3 is 5.97 Å². The number of hydrogen-bond acceptors (Lipinski definition) is 8. The average molecular weight is 554 g/mol. The van der Waals surface area contributed by atoms with E-state index in [1.165, 1.54) is 13.3 Å². The van der Waals surface area contributed by atoms with Gasteiger partial charge in [0.1, 0.15) is 30.1 Å². The van der Waals surface area contributed by atoms with Gasteiger partial charge in [0.2, 0.25) is 11.8 Å². The average Bonchev–Trinajstić information content (AvgIpc) is 2.98. The number of nitrogens with two attached hydrogens (primary N) is 1. The Morgan fingerprint density at radius 2 is 1.77 bits per heavy atom. The number of nitrogens with one attached hydrogen (secondary N) is 3. The summed E-state index contributed by atoms with van der Waals surface area (Å²) in [6.45, 7) is 4.69. The molecule has 5 N–H and O–H groups in total. The van der Waals surface area contributed by atoms with Crippen molar-refractivity contribution in [3.8, 4) is 5.75 Å². The third-order valence-corrected chi connectivity index (χ3v) is 5.91. The van der Waals surface area contributed by atoms with E-state index in [2.05, 4.69) is 32.3 Å². The fourth-order valence-corrected chi connectivity index (χ4v) is 3.75. The van der Waals surface area contributed by atoms with Crippen LogP contribution in [0.2, 0.25) is 0 Å². The summed E-state index contributed by atoms with van der Waals surface area (Å²) in [7, 11) is 1.30. The Bertz CT molecular complexity index is 1090. The Hall–Kier alpha value is -4.25. The van der Waals surface area contributed by atoms with Crippen LogP contribution in [0.25, 0.3) is 0 Å². The topological polar surface area (TPSA) is 162 Å². The minimum Gasteiger partial charge on any atom is -0.490 e. The van der Waals surface area contributed by atoms with E-state index in [1.807, 2.05) is 0 Å². The molecule has 0 bridgehead atoms. The molecule has 0 saturated heterocycles. The summed E-state index contributed by atoms with van der Waals surface area (Å²) in [4.78, 5) is 54.7. The molecule has 2 rings (SSSR count). The SMILES string of the molecule is C=CCOc1ccc(C[C@H](NC(=O)c2ccccn2)C(=O)N[C@@H](CCCCN)C(=O)NCCCC(=O)OC)cc1. The van der Waals surface area contributed by atoms with E-state index in [1.54, 1.807) is 48.5 Å². The number of benzene rings is 1. The Labute approximate surface area is 234 Å². The number of unbranched alkanes of at least 4 members (excludes halogenated alkanes) is 1. The number of rotatable bonds is 18. The van der Waals surface area contributed by atoms with Gasteiger partial charge in [-0.05, 0) is 62.1 Å². The van der Waals surface area contributed by atoms with Crippen molar-refractivity contribution < 1.29 is 28.7 Å². The maximum absolute atomic E-state index is 13.5. The molecule has 1 heterocycles. The highest BCUT2D eigenvalue weighted by atomic mass is 16.5. The molecule has 0 unspecified atom stereocenters. The number of carbonyl (C=O) groups is 4. The maximum atomic E-state index is 13.5. The van der Waals surface area contributed by atoms with Gasteiger partial charge in [-0.2, -0.15) is 0 Å². The fraction of sp³-hybridized carbons (Fsp3) is 0.414. The van der Waals surface area contributed by atoms with Crippen LogP contribution < -0.4 is 26.4 Å². The molecule has 40 heavy (non-hydrogen) atoms. The molecule has 0 spiro atoms. The van der Waals surface area contributed by atoms with Gasteiger partial charge in [-0.25, -0.2) is 0 Å². The molecule has 3 amide bonds. The molecular weight excluding hydrogens is 514 g/mol. The number of carbonyl (C=O) groups excluding carboxylic acids is 4. The van der Waals surface area contributed by atoms with Crippen molar-refractivity contribution in [2.75, 3.05) is 26.8 Å². The first-order chi connectivity index (χ1) is 19.4. The van der Waals surface area contributed by atoms with E-state index in [4.69, 9.17) is 10.5 Å². The minimum atomic E-state index is -0.987. The van der Waals surface area contributed by atoms with Crippen LogP contribution in [0.4, 0.5) is 0 Å². The van der Waals surface area contributed by atoms with Crippen LogP contribution >= 0.6 is 0 Å². The van der Waals surface area contributed by atoms with E-state index in [0.29, 0.717) is 44.6 Å². The molecule has 11 nitrogen and oxygen atoms in total. The van der Waals surface area contributed by atoms with Crippen molar-refractivity contribution in [2.24, 2.45) is 5.73 Å². The van der Waals surface area contributed by atoms with Crippen LogP contribution in [0.5, 0.6) is 5.75 Å². The number of pyridine rings is 1. The molecule has 1 aromatic heterocycles. The van der Waals surface area contributed by atoms with Gasteiger partial charge in [0.05, 0.1) is 7.11 Å². The van der Waals surface area contributed by atoms with Gasteiger partial charge in [0.15, 0.2) is 0 Å². The molecular formula is C29H39N5O6. The van der Waals surface area contributed by atoms with Crippen LogP contribution in [0.15, 0.2) is 61.3 Å². The Balaban J connectivity index is 2.16. The standard InChI is InChI=1S/C29H39N5O6/c1-3-19-40-22-14-12-21(13-15-22)20-25(34-28(37)23-9-5-7-17-31-23)29(38)33-24(10-4-6-16-30)27(36)32-18-8-11-26(35)39-2/h3,5,7,9,12-15,17,24-25H,1,4,6,8,10-11,16,18-20,30H2,2H3,(H,32,36)(H,33,38)(H,34,37)/t24-,25-/m0/s1. The number of nitrogens with zero attached hydrogens (tertiary/aromatic N) is 1. The second kappa shape index (κ2) is 18.1. The van der Waals surface area contributed by atoms with Gasteiger partial charge < -0.3 is 31.2 Å². The second-order valence-electron chi connectivity index (χ2n) is 9.01. The predicted molar refractivity (Wildman–Crippen MR) is 150 cm³/mol. The van der Waals surface area contributed by atoms with Crippen LogP contribution in [-0.4, -0.2) is 67.6 Å². The van der Waals surface area contributed by atoms with Gasteiger partial charge in [-0.3, -0.25) is 24.2 Å². The maximum Gasteiger partial charge on any atom is 0.305 e. The molecule has 2 atom stereocenters. The van der Waals surface area contributed by atoms with E-state index in [9.17, 15) is 19.2 Å². The monoisotopic (exact) mass is 553 g/mol. The Kier molecular flexibility index (Phi) is 14.5. The first kappa shape index (κ1) is 32.0. The largest absolute Gasteiger partial charge is 0.490 e. The molecule has 0 aliphatic rings. The summed E-state index contributed by atoms with van der Waals surface area (Å²) in [6.07, 6.45) is 5.53. The number of amides is 3. The molecule has 1 aromatic carbocycles. The lowest BCUT2D eigenvalue weighted by molar-refractivity contribution is -0.140. The van der Waals surface area contributed by atoms with Crippen molar-refractivity contribution in [2.45, 2.75) is 50.6 Å². The number of aromatic nitrogens is 1. The second-order valence-corrected chi connectivity index (χ2v) is 9.01. The van der Waals surface area contributed by atoms with E-state index in [0.717, 1.165) is 5.56 Å². The van der Waals surface area contributed by atoms with Crippen LogP contribution in [0.3, 0.4) is 0 Å². The summed E-state index contributed by atoms with van der Waals surface area (Å²) >= 11 is 0. The van der Waals surface area contributed by atoms with Crippen molar-refractivity contribution in [1.29, 1.82) is 0 Å². The van der Waals surface area contributed by atoms with Crippen molar-refractivity contribution in [3.63, 3.8) is 0 Å². The van der Waals surface area contributed by atoms with Gasteiger partial charge in [-0.1, -0.05) is 30.9 Å². The minimum absolute atomic E-state index is 0.163. The molecule has 0 saturated carbocycles. The molecule has 0 fully saturated rings. The highest BCUT2D eigenvalue weighted by molar-refractivity contribution is 5.97. The molecule has 0 aliphatic carbocycles. The van der Waals surface area contributed by atoms with E-state index < -0.39 is 23.9 Å². The molecule has 216 valence electrons. The zero-order chi connectivity index (χ0) is 29.2. The normalized spacial score (nSPS) is 11.9. The molecule has 2 aromatic rings. The summed E-state index contributed by atoms with van der Waals surface area (Å²) in [6, 6.07) is 10.2. The third-order valence-electron chi connectivity index (χ3n) is 5.91. The smallest absolute Gasteiger partial charge is 0.305 e. The van der Waals surface area contributed by atoms with E-state index >= 15 is 0 Å². The first-order valence-electron chi connectivity index (χ1n) is 13.3. The Morgan fingerprint density at radius 1 is 1.00 bits per heavy atom. The van der Waals surface area contributed by atoms with Crippen LogP contribution in [-0.2, 0) is 25.5 Å². The highest BCUT2D eigenvalue weighted by Crippen LogP contribution is 2.14. The molecule has 0 aliphatic heterocycles. The highest BCUT2D eigenvalue weighted by Gasteiger charge is 2.27. The predicted octanol–water partition coefficient (Wildman–Crippen LogP) is 1.67. The number of esters is 1. The van der Waals surface area contributed by atoms with Crippen molar-refractivity contribution >= 4 is 23.7 Å². The van der Waals surface area contributed by atoms with Gasteiger partial charge in [-0.15, -0.1) is 0 Å². The van der Waals surface area contributed by atoms with Gasteiger partial charge in [0.25, 0.3) is 5.91 Å². The Morgan fingerprint density at radius 3 is 2.42 bits per heavy atom. The summed E-state index contributed by atoms with van der Waals surface area (Å²) in [5.74, 6) is -1.13. The summed E-state index contributed by atoms with van der Waals surface area (Å²) < 4.78 is 10.1. The lowest BCUT2D eigenvalue weighted by Gasteiger charge is -2.23. The lowest BCUT2D eigenvalue weighted by Crippen LogP contribution is -2.54.